The smallest absolute Gasteiger partial charge is 0.144 e. The van der Waals surface area contributed by atoms with E-state index in [4.69, 9.17) is 10.00 Å². The molecule has 1 aromatic heterocycles. The van der Waals surface area contributed by atoms with Crippen molar-refractivity contribution in [3.05, 3.63) is 41.5 Å². The van der Waals surface area contributed by atoms with Crippen LogP contribution < -0.4 is 4.74 Å². The molecule has 0 atom stereocenters. The first-order chi connectivity index (χ1) is 8.20. The van der Waals surface area contributed by atoms with Crippen LogP contribution in [0.25, 0.3) is 0 Å². The zero-order valence-corrected chi connectivity index (χ0v) is 9.09. The molecule has 17 heavy (non-hydrogen) atoms. The van der Waals surface area contributed by atoms with E-state index < -0.39 is 5.82 Å². The summed E-state index contributed by atoms with van der Waals surface area (Å²) in [4.78, 5) is 0. The minimum Gasteiger partial charge on any atom is -0.486 e. The first-order valence-electron chi connectivity index (χ1n) is 4.87. The first-order valence-corrected chi connectivity index (χ1v) is 4.87. The monoisotopic (exact) mass is 232 g/mol. The average molecular weight is 232 g/mol. The summed E-state index contributed by atoms with van der Waals surface area (Å²) in [5.41, 5.74) is 0.511. The summed E-state index contributed by atoms with van der Waals surface area (Å²) in [5.74, 6) is -0.387. The lowest BCUT2D eigenvalue weighted by Gasteiger charge is -2.05. The molecule has 0 radical (unpaired) electrons. The summed E-state index contributed by atoms with van der Waals surface area (Å²) < 4.78 is 20.1. The van der Waals surface area contributed by atoms with Gasteiger partial charge in [0.05, 0.1) is 6.20 Å². The van der Waals surface area contributed by atoms with E-state index in [2.05, 4.69) is 10.3 Å². The summed E-state index contributed by atoms with van der Waals surface area (Å²) in [6, 6.07) is 6.01. The van der Waals surface area contributed by atoms with E-state index in [-0.39, 0.29) is 17.9 Å². The number of ether oxygens (including phenoxy) is 1. The fourth-order valence-corrected chi connectivity index (χ4v) is 1.35. The van der Waals surface area contributed by atoms with Gasteiger partial charge in [0.2, 0.25) is 0 Å². The van der Waals surface area contributed by atoms with E-state index in [1.165, 1.54) is 22.9 Å². The van der Waals surface area contributed by atoms with E-state index in [0.717, 1.165) is 0 Å². The molecule has 0 saturated heterocycles. The van der Waals surface area contributed by atoms with Gasteiger partial charge in [0.15, 0.2) is 0 Å². The summed E-state index contributed by atoms with van der Waals surface area (Å²) >= 11 is 0. The van der Waals surface area contributed by atoms with Crippen molar-refractivity contribution in [2.24, 2.45) is 7.05 Å². The van der Waals surface area contributed by atoms with E-state index >= 15 is 0 Å². The highest BCUT2D eigenvalue weighted by Crippen LogP contribution is 2.21. The van der Waals surface area contributed by atoms with Crippen LogP contribution in [0.1, 0.15) is 11.3 Å². The van der Waals surface area contributed by atoms with Crippen LogP contribution in [0.4, 0.5) is 4.39 Å². The molecule has 5 nitrogen and oxygen atoms in total. The van der Waals surface area contributed by atoms with Crippen LogP contribution in [0.15, 0.2) is 24.4 Å². The molecule has 0 aliphatic heterocycles. The third kappa shape index (κ3) is 2.39. The van der Waals surface area contributed by atoms with E-state index in [9.17, 15) is 4.39 Å². The van der Waals surface area contributed by atoms with Crippen molar-refractivity contribution in [3.8, 4) is 11.8 Å². The first kappa shape index (κ1) is 11.1. The summed E-state index contributed by atoms with van der Waals surface area (Å²) in [5, 5.41) is 16.4. The van der Waals surface area contributed by atoms with Crippen molar-refractivity contribution >= 4 is 0 Å². The molecule has 0 amide bonds. The van der Waals surface area contributed by atoms with Crippen molar-refractivity contribution in [1.29, 1.82) is 5.26 Å². The minimum atomic E-state index is -0.593. The van der Waals surface area contributed by atoms with Crippen molar-refractivity contribution in [3.63, 3.8) is 0 Å². The molecular weight excluding hydrogens is 223 g/mol. The van der Waals surface area contributed by atoms with E-state index in [1.807, 2.05) is 0 Å². The molecule has 0 unspecified atom stereocenters. The van der Waals surface area contributed by atoms with Gasteiger partial charge in [-0.1, -0.05) is 11.3 Å². The Balaban J connectivity index is 2.14. The van der Waals surface area contributed by atoms with Crippen molar-refractivity contribution < 1.29 is 9.13 Å². The summed E-state index contributed by atoms with van der Waals surface area (Å²) in [6.45, 7) is 0.145. The predicted octanol–water partition coefficient (Wildman–Crippen LogP) is 1.40. The number of nitriles is 1. The predicted molar refractivity (Wildman–Crippen MR) is 56.5 cm³/mol. The molecule has 6 heteroatoms. The van der Waals surface area contributed by atoms with Crippen LogP contribution in [-0.4, -0.2) is 15.0 Å². The quantitative estimate of drug-likeness (QED) is 0.802. The Labute approximate surface area is 97.1 Å². The Hall–Kier alpha value is -2.42. The number of rotatable bonds is 3. The highest BCUT2D eigenvalue weighted by atomic mass is 19.1. The second kappa shape index (κ2) is 4.61. The number of hydrogen-bond donors (Lipinski definition) is 0. The maximum absolute atomic E-state index is 13.2. The fourth-order valence-electron chi connectivity index (χ4n) is 1.35. The number of hydrogen-bond acceptors (Lipinski definition) is 4. The van der Waals surface area contributed by atoms with Crippen LogP contribution in [-0.2, 0) is 13.7 Å². The van der Waals surface area contributed by atoms with Gasteiger partial charge in [-0.2, -0.15) is 5.26 Å². The Bertz CT molecular complexity index is 573. The molecular formula is C11H9FN4O. The SMILES string of the molecule is Cn1cc(COc2cccc(F)c2C#N)nn1. The summed E-state index contributed by atoms with van der Waals surface area (Å²) in [6.07, 6.45) is 1.69. The molecule has 0 bridgehead atoms. The third-order valence-electron chi connectivity index (χ3n) is 2.11. The maximum atomic E-state index is 13.2. The molecule has 0 saturated carbocycles. The molecule has 0 spiro atoms. The molecule has 1 heterocycles. The Kier molecular flexibility index (Phi) is 3.01. The number of aromatic nitrogens is 3. The zero-order valence-electron chi connectivity index (χ0n) is 9.09. The number of nitrogens with zero attached hydrogens (tertiary/aromatic N) is 4. The van der Waals surface area contributed by atoms with E-state index in [0.29, 0.717) is 5.69 Å². The highest BCUT2D eigenvalue weighted by Gasteiger charge is 2.09. The molecule has 2 rings (SSSR count). The van der Waals surface area contributed by atoms with Gasteiger partial charge in [-0.25, -0.2) is 4.39 Å². The fraction of sp³-hybridized carbons (Fsp3) is 0.182. The van der Waals surface area contributed by atoms with Crippen LogP contribution in [0.2, 0.25) is 0 Å². The molecule has 0 aliphatic rings. The van der Waals surface area contributed by atoms with Crippen LogP contribution >= 0.6 is 0 Å². The Morgan fingerprint density at radius 2 is 2.35 bits per heavy atom. The maximum Gasteiger partial charge on any atom is 0.144 e. The van der Waals surface area contributed by atoms with Crippen molar-refractivity contribution in [2.45, 2.75) is 6.61 Å². The lowest BCUT2D eigenvalue weighted by atomic mass is 10.2. The third-order valence-corrected chi connectivity index (χ3v) is 2.11. The van der Waals surface area contributed by atoms with Gasteiger partial charge in [0, 0.05) is 7.05 Å². The van der Waals surface area contributed by atoms with Crippen LogP contribution in [0, 0.1) is 17.1 Å². The van der Waals surface area contributed by atoms with Gasteiger partial charge in [-0.3, -0.25) is 4.68 Å². The van der Waals surface area contributed by atoms with E-state index in [1.54, 1.807) is 19.3 Å². The largest absolute Gasteiger partial charge is 0.486 e. The second-order valence-electron chi connectivity index (χ2n) is 3.40. The lowest BCUT2D eigenvalue weighted by Crippen LogP contribution is -1.99. The Morgan fingerprint density at radius 1 is 1.53 bits per heavy atom. The zero-order chi connectivity index (χ0) is 12.3. The number of aryl methyl sites for hydroxylation is 1. The molecule has 0 aliphatic carbocycles. The minimum absolute atomic E-state index is 0.101. The molecule has 2 aromatic rings. The van der Waals surface area contributed by atoms with Gasteiger partial charge in [-0.05, 0) is 12.1 Å². The molecule has 1 aromatic carbocycles. The topological polar surface area (TPSA) is 63.7 Å². The molecule has 0 fully saturated rings. The second-order valence-corrected chi connectivity index (χ2v) is 3.40. The molecule has 86 valence electrons. The van der Waals surface area contributed by atoms with Gasteiger partial charge in [0.1, 0.15) is 35.5 Å². The van der Waals surface area contributed by atoms with Gasteiger partial charge >= 0.3 is 0 Å². The van der Waals surface area contributed by atoms with Gasteiger partial charge in [0.25, 0.3) is 0 Å². The van der Waals surface area contributed by atoms with Gasteiger partial charge < -0.3 is 4.74 Å². The number of halogens is 1. The van der Waals surface area contributed by atoms with Crippen LogP contribution in [0.3, 0.4) is 0 Å². The number of benzene rings is 1. The average Bonchev–Trinajstić information content (AvgIpc) is 2.72. The van der Waals surface area contributed by atoms with Crippen molar-refractivity contribution in [2.75, 3.05) is 0 Å². The summed E-state index contributed by atoms with van der Waals surface area (Å²) in [7, 11) is 1.74. The Morgan fingerprint density at radius 3 is 3.00 bits per heavy atom. The standard InChI is InChI=1S/C11H9FN4O/c1-16-6-8(14-15-16)7-17-11-4-2-3-10(12)9(11)5-13/h2-4,6H,7H2,1H3. The van der Waals surface area contributed by atoms with Crippen LogP contribution in [0.5, 0.6) is 5.75 Å². The highest BCUT2D eigenvalue weighted by molar-refractivity contribution is 5.43. The van der Waals surface area contributed by atoms with Gasteiger partial charge in [-0.15, -0.1) is 5.10 Å². The normalized spacial score (nSPS) is 9.94. The lowest BCUT2D eigenvalue weighted by molar-refractivity contribution is 0.298. The molecule has 0 N–H and O–H groups in total. The van der Waals surface area contributed by atoms with Crippen molar-refractivity contribution in [1.82, 2.24) is 15.0 Å².